The van der Waals surface area contributed by atoms with Gasteiger partial charge in [0.15, 0.2) is 0 Å². The number of hydrogen-bond acceptors (Lipinski definition) is 1. The molecule has 2 rings (SSSR count). The maximum atomic E-state index is 13.7. The Morgan fingerprint density at radius 1 is 1.23 bits per heavy atom. The van der Waals surface area contributed by atoms with Crippen molar-refractivity contribution < 1.29 is 9.18 Å². The standard InChI is InChI=1S/C18H19ClFNO/c1-3-12(2)13-7-4-5-10-17(13)21-18(22)11-14-15(19)8-6-9-16(14)20/h4-10,12H,3,11H2,1-2H3,(H,21,22)/t12-/m0/s1. The second-order valence-electron chi connectivity index (χ2n) is 5.32. The molecule has 0 spiro atoms. The molecule has 0 bridgehead atoms. The molecule has 2 aromatic carbocycles. The second kappa shape index (κ2) is 7.41. The number of carbonyl (C=O) groups excluding carboxylic acids is 1. The van der Waals surface area contributed by atoms with E-state index in [1.807, 2.05) is 24.3 Å². The first-order chi connectivity index (χ1) is 10.5. The summed E-state index contributed by atoms with van der Waals surface area (Å²) in [7, 11) is 0. The van der Waals surface area contributed by atoms with E-state index in [0.717, 1.165) is 17.7 Å². The van der Waals surface area contributed by atoms with E-state index >= 15 is 0 Å². The van der Waals surface area contributed by atoms with Crippen molar-refractivity contribution in [2.75, 3.05) is 5.32 Å². The smallest absolute Gasteiger partial charge is 0.228 e. The van der Waals surface area contributed by atoms with Crippen molar-refractivity contribution >= 4 is 23.2 Å². The Labute approximate surface area is 135 Å². The van der Waals surface area contributed by atoms with E-state index in [9.17, 15) is 9.18 Å². The highest BCUT2D eigenvalue weighted by Gasteiger charge is 2.14. The Hall–Kier alpha value is -1.87. The first-order valence-electron chi connectivity index (χ1n) is 7.34. The fourth-order valence-corrected chi connectivity index (χ4v) is 2.55. The maximum Gasteiger partial charge on any atom is 0.228 e. The Bertz CT molecular complexity index is 652. The molecular weight excluding hydrogens is 301 g/mol. The monoisotopic (exact) mass is 319 g/mol. The van der Waals surface area contributed by atoms with Crippen LogP contribution < -0.4 is 5.32 Å². The van der Waals surface area contributed by atoms with Crippen LogP contribution >= 0.6 is 11.6 Å². The van der Waals surface area contributed by atoms with Gasteiger partial charge in [0.25, 0.3) is 0 Å². The molecule has 0 radical (unpaired) electrons. The van der Waals surface area contributed by atoms with Gasteiger partial charge in [0.05, 0.1) is 6.42 Å². The number of para-hydroxylation sites is 1. The number of hydrogen-bond donors (Lipinski definition) is 1. The van der Waals surface area contributed by atoms with Crippen molar-refractivity contribution in [3.8, 4) is 0 Å². The van der Waals surface area contributed by atoms with Gasteiger partial charge in [-0.05, 0) is 36.1 Å². The van der Waals surface area contributed by atoms with Crippen LogP contribution in [0.3, 0.4) is 0 Å². The van der Waals surface area contributed by atoms with Crippen LogP contribution in [0, 0.1) is 5.82 Å². The molecule has 0 saturated heterocycles. The maximum absolute atomic E-state index is 13.7. The Kier molecular flexibility index (Phi) is 5.56. The fourth-order valence-electron chi connectivity index (χ4n) is 2.32. The van der Waals surface area contributed by atoms with E-state index in [4.69, 9.17) is 11.6 Å². The molecule has 1 N–H and O–H groups in total. The molecule has 0 aliphatic rings. The van der Waals surface area contributed by atoms with E-state index in [0.29, 0.717) is 5.92 Å². The predicted octanol–water partition coefficient (Wildman–Crippen LogP) is 5.17. The van der Waals surface area contributed by atoms with Crippen LogP contribution in [0.5, 0.6) is 0 Å². The minimum Gasteiger partial charge on any atom is -0.326 e. The predicted molar refractivity (Wildman–Crippen MR) is 88.9 cm³/mol. The summed E-state index contributed by atoms with van der Waals surface area (Å²) in [6.07, 6.45) is 0.895. The van der Waals surface area contributed by atoms with Gasteiger partial charge in [0, 0.05) is 16.3 Å². The molecule has 0 saturated carbocycles. The van der Waals surface area contributed by atoms with E-state index in [2.05, 4.69) is 19.2 Å². The second-order valence-corrected chi connectivity index (χ2v) is 5.73. The molecule has 0 aliphatic heterocycles. The van der Waals surface area contributed by atoms with Crippen molar-refractivity contribution in [1.82, 2.24) is 0 Å². The SMILES string of the molecule is CC[C@H](C)c1ccccc1NC(=O)Cc1c(F)cccc1Cl. The van der Waals surface area contributed by atoms with Gasteiger partial charge >= 0.3 is 0 Å². The van der Waals surface area contributed by atoms with E-state index in [1.165, 1.54) is 12.1 Å². The van der Waals surface area contributed by atoms with Crippen LogP contribution in [0.15, 0.2) is 42.5 Å². The van der Waals surface area contributed by atoms with Crippen LogP contribution in [-0.4, -0.2) is 5.91 Å². The summed E-state index contributed by atoms with van der Waals surface area (Å²) >= 11 is 5.96. The highest BCUT2D eigenvalue weighted by Crippen LogP contribution is 2.27. The molecule has 2 aromatic rings. The summed E-state index contributed by atoms with van der Waals surface area (Å²) in [5.41, 5.74) is 2.08. The van der Waals surface area contributed by atoms with Crippen molar-refractivity contribution in [2.24, 2.45) is 0 Å². The van der Waals surface area contributed by atoms with Gasteiger partial charge in [-0.15, -0.1) is 0 Å². The fraction of sp³-hybridized carbons (Fsp3) is 0.278. The molecule has 2 nitrogen and oxygen atoms in total. The summed E-state index contributed by atoms with van der Waals surface area (Å²) in [6, 6.07) is 12.1. The molecule has 0 aliphatic carbocycles. The molecule has 0 unspecified atom stereocenters. The van der Waals surface area contributed by atoms with Gasteiger partial charge in [0.2, 0.25) is 5.91 Å². The van der Waals surface area contributed by atoms with Gasteiger partial charge in [0.1, 0.15) is 5.82 Å². The number of amides is 1. The Morgan fingerprint density at radius 3 is 2.64 bits per heavy atom. The van der Waals surface area contributed by atoms with Gasteiger partial charge < -0.3 is 5.32 Å². The zero-order valence-electron chi connectivity index (χ0n) is 12.7. The quantitative estimate of drug-likeness (QED) is 0.809. The number of rotatable bonds is 5. The average molecular weight is 320 g/mol. The van der Waals surface area contributed by atoms with Gasteiger partial charge in [-0.25, -0.2) is 4.39 Å². The van der Waals surface area contributed by atoms with E-state index in [1.54, 1.807) is 6.07 Å². The summed E-state index contributed by atoms with van der Waals surface area (Å²) < 4.78 is 13.7. The van der Waals surface area contributed by atoms with Crippen LogP contribution in [0.25, 0.3) is 0 Å². The summed E-state index contributed by atoms with van der Waals surface area (Å²) in [4.78, 5) is 12.2. The number of halogens is 2. The zero-order valence-corrected chi connectivity index (χ0v) is 13.5. The minimum absolute atomic E-state index is 0.0830. The normalized spacial score (nSPS) is 12.0. The Morgan fingerprint density at radius 2 is 1.95 bits per heavy atom. The molecule has 22 heavy (non-hydrogen) atoms. The summed E-state index contributed by atoms with van der Waals surface area (Å²) in [5.74, 6) is -0.394. The lowest BCUT2D eigenvalue weighted by Gasteiger charge is -2.16. The van der Waals surface area contributed by atoms with Crippen LogP contribution in [0.4, 0.5) is 10.1 Å². The van der Waals surface area contributed by atoms with Crippen molar-refractivity contribution in [3.05, 3.63) is 64.4 Å². The number of anilines is 1. The van der Waals surface area contributed by atoms with E-state index in [-0.39, 0.29) is 22.9 Å². The molecule has 116 valence electrons. The molecule has 0 aromatic heterocycles. The molecule has 4 heteroatoms. The van der Waals surface area contributed by atoms with Gasteiger partial charge in [-0.2, -0.15) is 0 Å². The summed E-state index contributed by atoms with van der Waals surface area (Å²) in [5, 5.41) is 3.13. The lowest BCUT2D eigenvalue weighted by Crippen LogP contribution is -2.17. The zero-order chi connectivity index (χ0) is 16.1. The number of carbonyl (C=O) groups is 1. The van der Waals surface area contributed by atoms with Crippen molar-refractivity contribution in [2.45, 2.75) is 32.6 Å². The molecule has 0 fully saturated rings. The first-order valence-corrected chi connectivity index (χ1v) is 7.72. The van der Waals surface area contributed by atoms with E-state index < -0.39 is 5.82 Å². The van der Waals surface area contributed by atoms with Crippen LogP contribution in [0.1, 0.15) is 37.3 Å². The summed E-state index contributed by atoms with van der Waals surface area (Å²) in [6.45, 7) is 4.21. The third-order valence-electron chi connectivity index (χ3n) is 3.78. The third-order valence-corrected chi connectivity index (χ3v) is 4.13. The molecule has 1 atom stereocenters. The van der Waals surface area contributed by atoms with Gasteiger partial charge in [-0.3, -0.25) is 4.79 Å². The molecule has 0 heterocycles. The molecular formula is C18H19ClFNO. The lowest BCUT2D eigenvalue weighted by molar-refractivity contribution is -0.115. The van der Waals surface area contributed by atoms with Crippen LogP contribution in [0.2, 0.25) is 5.02 Å². The number of benzene rings is 2. The average Bonchev–Trinajstić information content (AvgIpc) is 2.51. The van der Waals surface area contributed by atoms with Gasteiger partial charge in [-0.1, -0.05) is 49.7 Å². The Balaban J connectivity index is 2.16. The lowest BCUT2D eigenvalue weighted by atomic mass is 9.97. The minimum atomic E-state index is -0.460. The van der Waals surface area contributed by atoms with Crippen molar-refractivity contribution in [3.63, 3.8) is 0 Å². The third kappa shape index (κ3) is 3.86. The van der Waals surface area contributed by atoms with Crippen LogP contribution in [-0.2, 0) is 11.2 Å². The number of nitrogens with one attached hydrogen (secondary N) is 1. The first kappa shape index (κ1) is 16.5. The highest BCUT2D eigenvalue weighted by molar-refractivity contribution is 6.31. The topological polar surface area (TPSA) is 29.1 Å². The molecule has 1 amide bonds. The largest absolute Gasteiger partial charge is 0.326 e. The van der Waals surface area contributed by atoms with Crippen molar-refractivity contribution in [1.29, 1.82) is 0 Å². The highest BCUT2D eigenvalue weighted by atomic mass is 35.5.